The van der Waals surface area contributed by atoms with Crippen LogP contribution in [0, 0.1) is 17.8 Å². The van der Waals surface area contributed by atoms with Gasteiger partial charge >= 0.3 is 0 Å². The number of nitrogens with zero attached hydrogens (tertiary/aromatic N) is 1. The maximum Gasteiger partial charge on any atom is 0.139 e. The van der Waals surface area contributed by atoms with Gasteiger partial charge in [0.05, 0.1) is 18.2 Å². The fourth-order valence-corrected chi connectivity index (χ4v) is 2.29. The van der Waals surface area contributed by atoms with Crippen molar-refractivity contribution in [3.8, 4) is 17.6 Å². The van der Waals surface area contributed by atoms with Crippen LogP contribution in [0.2, 0.25) is 0 Å². The minimum Gasteiger partial charge on any atom is -0.489 e. The summed E-state index contributed by atoms with van der Waals surface area (Å²) in [6.45, 7) is 2.31. The third-order valence-corrected chi connectivity index (χ3v) is 3.41. The molecule has 0 radical (unpaired) electrons. The molecule has 0 bridgehead atoms. The van der Waals surface area contributed by atoms with Gasteiger partial charge in [0.25, 0.3) is 0 Å². The molecule has 1 aromatic heterocycles. The number of alkyl halides is 1. The van der Waals surface area contributed by atoms with Crippen LogP contribution in [-0.4, -0.2) is 17.0 Å². The first-order valence-corrected chi connectivity index (χ1v) is 6.98. The Bertz CT molecular complexity index is 441. The van der Waals surface area contributed by atoms with Gasteiger partial charge in [-0.25, -0.2) is 0 Å². The Morgan fingerprint density at radius 3 is 2.83 bits per heavy atom. The first-order valence-electron chi connectivity index (χ1n) is 6.44. The van der Waals surface area contributed by atoms with Gasteiger partial charge in [0.2, 0.25) is 0 Å². The van der Waals surface area contributed by atoms with Gasteiger partial charge in [-0.05, 0) is 37.7 Å². The summed E-state index contributed by atoms with van der Waals surface area (Å²) >= 11 is 5.54. The molecule has 0 unspecified atom stereocenters. The van der Waals surface area contributed by atoms with Crippen molar-refractivity contribution < 1.29 is 4.74 Å². The second-order valence-electron chi connectivity index (χ2n) is 4.84. The molecule has 2 rings (SSSR count). The van der Waals surface area contributed by atoms with E-state index in [0.717, 1.165) is 30.1 Å². The Kier molecular flexibility index (Phi) is 4.90. The van der Waals surface area contributed by atoms with E-state index in [1.807, 2.05) is 6.07 Å². The van der Waals surface area contributed by atoms with E-state index in [2.05, 4.69) is 23.7 Å². The molecule has 1 saturated carbocycles. The molecule has 1 aromatic rings. The molecule has 0 saturated heterocycles. The summed E-state index contributed by atoms with van der Waals surface area (Å²) in [7, 11) is 0. The Morgan fingerprint density at radius 1 is 1.33 bits per heavy atom. The normalized spacial score (nSPS) is 23.0. The van der Waals surface area contributed by atoms with E-state index in [1.54, 1.807) is 12.4 Å². The highest BCUT2D eigenvalue weighted by molar-refractivity contribution is 6.19. The van der Waals surface area contributed by atoms with E-state index in [-0.39, 0.29) is 0 Å². The molecule has 18 heavy (non-hydrogen) atoms. The third-order valence-electron chi connectivity index (χ3n) is 3.28. The fraction of sp³-hybridized carbons (Fsp3) is 0.533. The van der Waals surface area contributed by atoms with Crippen LogP contribution in [0.15, 0.2) is 18.5 Å². The van der Waals surface area contributed by atoms with Crippen molar-refractivity contribution in [3.63, 3.8) is 0 Å². The van der Waals surface area contributed by atoms with Crippen LogP contribution in [0.4, 0.5) is 0 Å². The molecule has 1 aliphatic rings. The Balaban J connectivity index is 1.96. The second-order valence-corrected chi connectivity index (χ2v) is 5.11. The van der Waals surface area contributed by atoms with Gasteiger partial charge in [-0.2, -0.15) is 0 Å². The summed E-state index contributed by atoms with van der Waals surface area (Å²) in [6.07, 6.45) is 8.60. The van der Waals surface area contributed by atoms with Gasteiger partial charge in [0, 0.05) is 11.8 Å². The van der Waals surface area contributed by atoms with Gasteiger partial charge in [0.15, 0.2) is 0 Å². The number of aromatic nitrogens is 1. The van der Waals surface area contributed by atoms with Crippen LogP contribution in [-0.2, 0) is 0 Å². The van der Waals surface area contributed by atoms with Crippen LogP contribution >= 0.6 is 11.6 Å². The van der Waals surface area contributed by atoms with Crippen molar-refractivity contribution in [1.29, 1.82) is 0 Å². The molecule has 0 amide bonds. The minimum atomic E-state index is 0.333. The highest BCUT2D eigenvalue weighted by Gasteiger charge is 2.19. The lowest BCUT2D eigenvalue weighted by atomic mass is 9.89. The molecule has 0 aliphatic heterocycles. The predicted molar refractivity (Wildman–Crippen MR) is 73.9 cm³/mol. The van der Waals surface area contributed by atoms with Crippen LogP contribution in [0.25, 0.3) is 0 Å². The van der Waals surface area contributed by atoms with Gasteiger partial charge in [-0.15, -0.1) is 11.6 Å². The summed E-state index contributed by atoms with van der Waals surface area (Å²) in [5.74, 6) is 7.77. The minimum absolute atomic E-state index is 0.333. The second kappa shape index (κ2) is 6.66. The number of hydrogen-bond acceptors (Lipinski definition) is 2. The highest BCUT2D eigenvalue weighted by Crippen LogP contribution is 2.27. The summed E-state index contributed by atoms with van der Waals surface area (Å²) in [5.41, 5.74) is 0.859. The number of pyridine rings is 1. The lowest BCUT2D eigenvalue weighted by Gasteiger charge is -2.26. The molecule has 0 N–H and O–H groups in total. The van der Waals surface area contributed by atoms with Crippen molar-refractivity contribution >= 4 is 11.6 Å². The summed E-state index contributed by atoms with van der Waals surface area (Å²) in [5, 5.41) is 0. The van der Waals surface area contributed by atoms with E-state index in [4.69, 9.17) is 16.3 Å². The van der Waals surface area contributed by atoms with Crippen LogP contribution in [0.3, 0.4) is 0 Å². The molecule has 96 valence electrons. The number of hydrogen-bond donors (Lipinski definition) is 0. The molecule has 0 aromatic carbocycles. The first-order chi connectivity index (χ1) is 8.78. The third kappa shape index (κ3) is 3.92. The monoisotopic (exact) mass is 263 g/mol. The van der Waals surface area contributed by atoms with Gasteiger partial charge in [-0.1, -0.05) is 18.8 Å². The maximum absolute atomic E-state index is 5.96. The first kappa shape index (κ1) is 13.2. The lowest BCUT2D eigenvalue weighted by Crippen LogP contribution is -2.23. The zero-order valence-electron chi connectivity index (χ0n) is 10.7. The Labute approximate surface area is 114 Å². The van der Waals surface area contributed by atoms with Crippen LogP contribution < -0.4 is 4.74 Å². The van der Waals surface area contributed by atoms with E-state index in [9.17, 15) is 0 Å². The predicted octanol–water partition coefficient (Wildman–Crippen LogP) is 3.63. The molecular weight excluding hydrogens is 246 g/mol. The van der Waals surface area contributed by atoms with E-state index in [1.165, 1.54) is 12.8 Å². The fourth-order valence-electron chi connectivity index (χ4n) is 2.23. The SMILES string of the molecule is CC1CCC(Oc2cncc(C#CCCl)c2)CC1. The summed E-state index contributed by atoms with van der Waals surface area (Å²) in [6, 6.07) is 1.94. The van der Waals surface area contributed by atoms with Crippen LogP contribution in [0.1, 0.15) is 38.2 Å². The lowest BCUT2D eigenvalue weighted by molar-refractivity contribution is 0.135. The maximum atomic E-state index is 5.96. The van der Waals surface area contributed by atoms with Gasteiger partial charge in [-0.3, -0.25) is 4.98 Å². The standard InChI is InChI=1S/C15H18ClNO/c1-12-4-6-14(7-5-12)18-15-9-13(3-2-8-16)10-17-11-15/h9-12,14H,4-8H2,1H3. The zero-order chi connectivity index (χ0) is 12.8. The molecule has 3 heteroatoms. The average Bonchev–Trinajstić information content (AvgIpc) is 2.40. The zero-order valence-corrected chi connectivity index (χ0v) is 11.4. The van der Waals surface area contributed by atoms with Gasteiger partial charge in [0.1, 0.15) is 5.75 Å². The van der Waals surface area contributed by atoms with E-state index < -0.39 is 0 Å². The molecule has 1 aliphatic carbocycles. The van der Waals surface area contributed by atoms with E-state index >= 15 is 0 Å². The molecule has 0 atom stereocenters. The number of rotatable bonds is 2. The summed E-state index contributed by atoms with van der Waals surface area (Å²) in [4.78, 5) is 4.15. The van der Waals surface area contributed by atoms with E-state index in [0.29, 0.717) is 12.0 Å². The van der Waals surface area contributed by atoms with Gasteiger partial charge < -0.3 is 4.74 Å². The van der Waals surface area contributed by atoms with Crippen LogP contribution in [0.5, 0.6) is 5.75 Å². The Morgan fingerprint density at radius 2 is 2.11 bits per heavy atom. The number of halogens is 1. The smallest absolute Gasteiger partial charge is 0.139 e. The average molecular weight is 264 g/mol. The highest BCUT2D eigenvalue weighted by atomic mass is 35.5. The molecule has 1 fully saturated rings. The number of ether oxygens (including phenoxy) is 1. The van der Waals surface area contributed by atoms with Crippen molar-refractivity contribution in [2.45, 2.75) is 38.7 Å². The molecule has 0 spiro atoms. The van der Waals surface area contributed by atoms with Crippen molar-refractivity contribution in [1.82, 2.24) is 4.98 Å². The summed E-state index contributed by atoms with van der Waals surface area (Å²) < 4.78 is 5.96. The molecule has 1 heterocycles. The largest absolute Gasteiger partial charge is 0.489 e. The van der Waals surface area contributed by atoms with Crippen molar-refractivity contribution in [2.75, 3.05) is 5.88 Å². The van der Waals surface area contributed by atoms with Crippen molar-refractivity contribution in [2.24, 2.45) is 5.92 Å². The quantitative estimate of drug-likeness (QED) is 0.600. The molecule has 2 nitrogen and oxygen atoms in total. The Hall–Kier alpha value is -1.20. The molecular formula is C15H18ClNO. The topological polar surface area (TPSA) is 22.1 Å². The van der Waals surface area contributed by atoms with Crippen molar-refractivity contribution in [3.05, 3.63) is 24.0 Å².